The van der Waals surface area contributed by atoms with Crippen molar-refractivity contribution in [3.05, 3.63) is 46.5 Å². The van der Waals surface area contributed by atoms with Crippen molar-refractivity contribution in [3.63, 3.8) is 0 Å². The monoisotopic (exact) mass is 450 g/mol. The van der Waals surface area contributed by atoms with E-state index in [1.807, 2.05) is 0 Å². The maximum absolute atomic E-state index is 13.1. The molecule has 1 heterocycles. The Hall–Kier alpha value is -3.00. The maximum Gasteiger partial charge on any atom is 0.330 e. The average molecular weight is 450 g/mol. The van der Waals surface area contributed by atoms with Crippen LogP contribution in [0.4, 0.5) is 0 Å². The minimum absolute atomic E-state index is 0.0173. The summed E-state index contributed by atoms with van der Waals surface area (Å²) < 4.78 is 38.3. The molecule has 0 unspecified atom stereocenters. The van der Waals surface area contributed by atoms with Crippen LogP contribution < -0.4 is 23.7 Å². The third-order valence-corrected chi connectivity index (χ3v) is 5.47. The molecule has 10 heteroatoms. The largest absolute Gasteiger partial charge is 0.496 e. The van der Waals surface area contributed by atoms with E-state index in [9.17, 15) is 19.1 Å². The molecule has 9 nitrogen and oxygen atoms in total. The third-order valence-electron chi connectivity index (χ3n) is 4.72. The number of ether oxygens (including phenoxy) is 5. The van der Waals surface area contributed by atoms with Crippen LogP contribution in [0, 0.1) is 0 Å². The van der Waals surface area contributed by atoms with Gasteiger partial charge in [0.05, 0.1) is 34.6 Å². The number of ketones is 1. The van der Waals surface area contributed by atoms with Crippen LogP contribution in [0.5, 0.6) is 28.7 Å². The first-order chi connectivity index (χ1) is 14.7. The molecule has 0 radical (unpaired) electrons. The van der Waals surface area contributed by atoms with Gasteiger partial charge in [0, 0.05) is 28.3 Å². The zero-order valence-corrected chi connectivity index (χ0v) is 18.4. The molecule has 0 bridgehead atoms. The number of fused-ring (bicyclic) bond motifs is 1. The van der Waals surface area contributed by atoms with Crippen LogP contribution in [0.3, 0.4) is 0 Å². The standard InChI is InChI=1S/C21H23O9P/c1-26-16-9-17-12(6-15(16)11-31(23,24)25)5-14(10-30-17)20(22)13-7-18(27-2)21(29-4)19(8-13)28-3/h5-9H,10-11H2,1-4H3,(H2,23,24,25). The van der Waals surface area contributed by atoms with E-state index in [4.69, 9.17) is 23.7 Å². The number of Topliss-reactive ketones (excluding diaryl/α,β-unsaturated/α-hetero) is 1. The Bertz CT molecular complexity index is 1060. The Morgan fingerprint density at radius 1 is 0.968 bits per heavy atom. The topological polar surface area (TPSA) is 121 Å². The number of methoxy groups -OCH3 is 4. The second kappa shape index (κ2) is 9.01. The van der Waals surface area contributed by atoms with Crippen molar-refractivity contribution in [1.29, 1.82) is 0 Å². The van der Waals surface area contributed by atoms with Crippen LogP contribution in [0.2, 0.25) is 0 Å². The Morgan fingerprint density at radius 3 is 2.10 bits per heavy atom. The number of rotatable bonds is 8. The summed E-state index contributed by atoms with van der Waals surface area (Å²) in [6, 6.07) is 6.20. The molecule has 1 aliphatic rings. The molecule has 31 heavy (non-hydrogen) atoms. The number of hydrogen-bond acceptors (Lipinski definition) is 7. The quantitative estimate of drug-likeness (QED) is 0.462. The lowest BCUT2D eigenvalue weighted by Gasteiger charge is -2.21. The molecule has 0 amide bonds. The second-order valence-electron chi connectivity index (χ2n) is 6.73. The molecule has 2 N–H and O–H groups in total. The lowest BCUT2D eigenvalue weighted by molar-refractivity contribution is 0.102. The van der Waals surface area contributed by atoms with Crippen molar-refractivity contribution in [2.75, 3.05) is 35.0 Å². The molecule has 1 aliphatic heterocycles. The molecule has 2 aromatic carbocycles. The molecule has 0 spiro atoms. The van der Waals surface area contributed by atoms with E-state index in [-0.39, 0.29) is 12.4 Å². The van der Waals surface area contributed by atoms with E-state index >= 15 is 0 Å². The fourth-order valence-corrected chi connectivity index (χ4v) is 4.00. The number of benzene rings is 2. The van der Waals surface area contributed by atoms with Crippen LogP contribution in [0.25, 0.3) is 6.08 Å². The van der Waals surface area contributed by atoms with Gasteiger partial charge in [-0.1, -0.05) is 0 Å². The summed E-state index contributed by atoms with van der Waals surface area (Å²) in [4.78, 5) is 31.8. The van der Waals surface area contributed by atoms with Crippen LogP contribution in [-0.4, -0.2) is 50.6 Å². The van der Waals surface area contributed by atoms with Crippen molar-refractivity contribution in [2.45, 2.75) is 6.16 Å². The van der Waals surface area contributed by atoms with Crippen molar-refractivity contribution in [1.82, 2.24) is 0 Å². The molecule has 0 saturated carbocycles. The summed E-state index contributed by atoms with van der Waals surface area (Å²) in [6.45, 7) is 0.0173. The number of carbonyl (C=O) groups is 1. The smallest absolute Gasteiger partial charge is 0.330 e. The van der Waals surface area contributed by atoms with Gasteiger partial charge >= 0.3 is 7.60 Å². The molecule has 0 aliphatic carbocycles. The number of carbonyl (C=O) groups excluding carboxylic acids is 1. The van der Waals surface area contributed by atoms with Crippen molar-refractivity contribution < 1.29 is 42.8 Å². The fourth-order valence-electron chi connectivity index (χ4n) is 3.31. The van der Waals surface area contributed by atoms with Crippen LogP contribution in [-0.2, 0) is 10.7 Å². The van der Waals surface area contributed by atoms with Gasteiger partial charge in [0.2, 0.25) is 5.75 Å². The van der Waals surface area contributed by atoms with Crippen LogP contribution in [0.15, 0.2) is 29.8 Å². The first-order valence-electron chi connectivity index (χ1n) is 9.14. The number of hydrogen-bond donors (Lipinski definition) is 2. The maximum atomic E-state index is 13.1. The molecule has 3 rings (SSSR count). The fraction of sp³-hybridized carbons (Fsp3) is 0.286. The summed E-state index contributed by atoms with van der Waals surface area (Å²) in [5.41, 5.74) is 1.51. The predicted molar refractivity (Wildman–Crippen MR) is 113 cm³/mol. The van der Waals surface area contributed by atoms with Crippen molar-refractivity contribution in [3.8, 4) is 28.7 Å². The van der Waals surface area contributed by atoms with Gasteiger partial charge < -0.3 is 33.5 Å². The zero-order chi connectivity index (χ0) is 22.8. The van der Waals surface area contributed by atoms with E-state index in [1.165, 1.54) is 28.4 Å². The van der Waals surface area contributed by atoms with Crippen LogP contribution in [0.1, 0.15) is 21.5 Å². The van der Waals surface area contributed by atoms with Gasteiger partial charge in [-0.2, -0.15) is 0 Å². The normalized spacial score (nSPS) is 12.9. The second-order valence-corrected chi connectivity index (χ2v) is 8.37. The van der Waals surface area contributed by atoms with Gasteiger partial charge in [0.15, 0.2) is 17.3 Å². The van der Waals surface area contributed by atoms with E-state index in [2.05, 4.69) is 0 Å². The minimum Gasteiger partial charge on any atom is -0.496 e. The van der Waals surface area contributed by atoms with Gasteiger partial charge in [-0.15, -0.1) is 0 Å². The molecular formula is C21H23O9P. The summed E-state index contributed by atoms with van der Waals surface area (Å²) in [5.74, 6) is 1.50. The van der Waals surface area contributed by atoms with E-state index in [0.29, 0.717) is 51.0 Å². The van der Waals surface area contributed by atoms with Crippen molar-refractivity contribution >= 4 is 19.5 Å². The SMILES string of the molecule is COc1cc2c(cc1CP(=O)(O)O)C=C(C(=O)c1cc(OC)c(OC)c(OC)c1)CO2. The molecule has 166 valence electrons. The van der Waals surface area contributed by atoms with Gasteiger partial charge in [0.1, 0.15) is 18.1 Å². The first-order valence-corrected chi connectivity index (χ1v) is 10.9. The summed E-state index contributed by atoms with van der Waals surface area (Å²) >= 11 is 0. The Balaban J connectivity index is 2.02. The molecular weight excluding hydrogens is 427 g/mol. The summed E-state index contributed by atoms with van der Waals surface area (Å²) in [5, 5.41) is 0. The minimum atomic E-state index is -4.32. The van der Waals surface area contributed by atoms with E-state index < -0.39 is 13.8 Å². The van der Waals surface area contributed by atoms with Gasteiger partial charge in [-0.05, 0) is 24.3 Å². The highest BCUT2D eigenvalue weighted by Gasteiger charge is 2.25. The lowest BCUT2D eigenvalue weighted by atomic mass is 9.97. The molecule has 0 saturated heterocycles. The predicted octanol–water partition coefficient (Wildman–Crippen LogP) is 3.06. The van der Waals surface area contributed by atoms with Gasteiger partial charge in [-0.3, -0.25) is 9.36 Å². The Morgan fingerprint density at radius 2 is 1.58 bits per heavy atom. The molecule has 0 fully saturated rings. The molecule has 0 atom stereocenters. The highest BCUT2D eigenvalue weighted by molar-refractivity contribution is 7.50. The highest BCUT2D eigenvalue weighted by Crippen LogP contribution is 2.44. The first kappa shape index (κ1) is 22.7. The Kier molecular flexibility index (Phi) is 6.59. The van der Waals surface area contributed by atoms with E-state index in [0.717, 1.165) is 0 Å². The average Bonchev–Trinajstić information content (AvgIpc) is 2.75. The van der Waals surface area contributed by atoms with Gasteiger partial charge in [0.25, 0.3) is 0 Å². The molecule has 2 aromatic rings. The summed E-state index contributed by atoms with van der Waals surface area (Å²) in [7, 11) is 1.48. The van der Waals surface area contributed by atoms with E-state index in [1.54, 1.807) is 30.3 Å². The highest BCUT2D eigenvalue weighted by atomic mass is 31.2. The lowest BCUT2D eigenvalue weighted by Crippen LogP contribution is -2.16. The van der Waals surface area contributed by atoms with Crippen molar-refractivity contribution in [2.24, 2.45) is 0 Å². The zero-order valence-electron chi connectivity index (χ0n) is 17.5. The summed E-state index contributed by atoms with van der Waals surface area (Å²) in [6.07, 6.45) is 1.14. The Labute approximate surface area is 179 Å². The van der Waals surface area contributed by atoms with Crippen LogP contribution >= 0.6 is 7.60 Å². The third kappa shape index (κ3) is 4.85. The van der Waals surface area contributed by atoms with Gasteiger partial charge in [-0.25, -0.2) is 0 Å². The molecule has 0 aromatic heterocycles.